The maximum atomic E-state index is 6.13. The Labute approximate surface area is 118 Å². The first-order valence-corrected chi connectivity index (χ1v) is 7.33. The topological polar surface area (TPSA) is 29.0 Å². The average molecular weight is 276 g/mol. The second-order valence-corrected chi connectivity index (χ2v) is 5.58. The predicted octanol–water partition coefficient (Wildman–Crippen LogP) is 3.91. The van der Waals surface area contributed by atoms with E-state index in [-0.39, 0.29) is 0 Å². The van der Waals surface area contributed by atoms with E-state index in [1.54, 1.807) is 0 Å². The zero-order valence-corrected chi connectivity index (χ0v) is 11.9. The molecule has 0 bridgehead atoms. The van der Waals surface area contributed by atoms with E-state index in [0.717, 1.165) is 35.6 Å². The van der Waals surface area contributed by atoms with Gasteiger partial charge >= 0.3 is 0 Å². The molecule has 4 heteroatoms. The zero-order valence-electron chi connectivity index (χ0n) is 11.1. The molecule has 1 aromatic carbocycles. The molecular weight excluding hydrogens is 258 g/mol. The Morgan fingerprint density at radius 3 is 2.84 bits per heavy atom. The van der Waals surface area contributed by atoms with Crippen LogP contribution in [-0.2, 0) is 0 Å². The summed E-state index contributed by atoms with van der Waals surface area (Å²) < 4.78 is 0. The molecule has 0 saturated carbocycles. The molecule has 2 heterocycles. The quantitative estimate of drug-likeness (QED) is 0.832. The van der Waals surface area contributed by atoms with E-state index in [0.29, 0.717) is 5.15 Å². The third-order valence-corrected chi connectivity index (χ3v) is 4.30. The van der Waals surface area contributed by atoms with Crippen molar-refractivity contribution in [2.45, 2.75) is 26.2 Å². The SMILES string of the molecule is CCC1CCCN(c2nnc(Cl)c3ccccc23)C1. The number of rotatable bonds is 2. The van der Waals surface area contributed by atoms with Crippen LogP contribution in [0.3, 0.4) is 0 Å². The third kappa shape index (κ3) is 2.39. The highest BCUT2D eigenvalue weighted by molar-refractivity contribution is 6.34. The van der Waals surface area contributed by atoms with Gasteiger partial charge in [0.25, 0.3) is 0 Å². The molecule has 1 aliphatic rings. The van der Waals surface area contributed by atoms with Crippen molar-refractivity contribution >= 4 is 28.2 Å². The van der Waals surface area contributed by atoms with Crippen LogP contribution in [0.5, 0.6) is 0 Å². The van der Waals surface area contributed by atoms with Gasteiger partial charge in [-0.05, 0) is 18.8 Å². The molecule has 1 aliphatic heterocycles. The molecular formula is C15H18ClN3. The molecule has 1 unspecified atom stereocenters. The first-order chi connectivity index (χ1) is 9.29. The molecule has 0 aliphatic carbocycles. The van der Waals surface area contributed by atoms with E-state index in [1.807, 2.05) is 18.2 Å². The lowest BCUT2D eigenvalue weighted by Gasteiger charge is -2.33. The van der Waals surface area contributed by atoms with E-state index in [9.17, 15) is 0 Å². The molecule has 3 nitrogen and oxygen atoms in total. The van der Waals surface area contributed by atoms with Gasteiger partial charge in [0, 0.05) is 23.9 Å². The van der Waals surface area contributed by atoms with E-state index in [2.05, 4.69) is 28.1 Å². The van der Waals surface area contributed by atoms with Crippen LogP contribution in [0.15, 0.2) is 24.3 Å². The molecule has 2 aromatic rings. The van der Waals surface area contributed by atoms with Gasteiger partial charge in [-0.1, -0.05) is 49.2 Å². The van der Waals surface area contributed by atoms with Crippen molar-refractivity contribution in [1.82, 2.24) is 10.2 Å². The number of halogens is 1. The number of fused-ring (bicyclic) bond motifs is 1. The van der Waals surface area contributed by atoms with Crippen LogP contribution in [0.1, 0.15) is 26.2 Å². The number of benzene rings is 1. The van der Waals surface area contributed by atoms with Crippen LogP contribution >= 0.6 is 11.6 Å². The largest absolute Gasteiger partial charge is 0.354 e. The van der Waals surface area contributed by atoms with Crippen molar-refractivity contribution in [3.63, 3.8) is 0 Å². The van der Waals surface area contributed by atoms with Gasteiger partial charge in [-0.15, -0.1) is 10.2 Å². The summed E-state index contributed by atoms with van der Waals surface area (Å²) in [5, 5.41) is 11.0. The first-order valence-electron chi connectivity index (χ1n) is 6.95. The fraction of sp³-hybridized carbons (Fsp3) is 0.467. The van der Waals surface area contributed by atoms with Crippen molar-refractivity contribution in [1.29, 1.82) is 0 Å². The van der Waals surface area contributed by atoms with Gasteiger partial charge in [-0.25, -0.2) is 0 Å². The Morgan fingerprint density at radius 1 is 1.26 bits per heavy atom. The lowest BCUT2D eigenvalue weighted by Crippen LogP contribution is -2.36. The highest BCUT2D eigenvalue weighted by atomic mass is 35.5. The smallest absolute Gasteiger partial charge is 0.159 e. The summed E-state index contributed by atoms with van der Waals surface area (Å²) in [4.78, 5) is 2.36. The van der Waals surface area contributed by atoms with Gasteiger partial charge in [0.15, 0.2) is 11.0 Å². The van der Waals surface area contributed by atoms with E-state index < -0.39 is 0 Å². The van der Waals surface area contributed by atoms with E-state index in [4.69, 9.17) is 11.6 Å². The Bertz CT molecular complexity index is 585. The molecule has 1 atom stereocenters. The third-order valence-electron chi connectivity index (χ3n) is 4.02. The van der Waals surface area contributed by atoms with Gasteiger partial charge in [-0.2, -0.15) is 0 Å². The predicted molar refractivity (Wildman–Crippen MR) is 79.8 cm³/mol. The number of hydrogen-bond donors (Lipinski definition) is 0. The molecule has 0 radical (unpaired) electrons. The maximum absolute atomic E-state index is 6.13. The summed E-state index contributed by atoms with van der Waals surface area (Å²) in [7, 11) is 0. The molecule has 3 rings (SSSR count). The van der Waals surface area contributed by atoms with Crippen LogP contribution in [0.2, 0.25) is 5.15 Å². The molecule has 0 amide bonds. The Morgan fingerprint density at radius 2 is 2.05 bits per heavy atom. The van der Waals surface area contributed by atoms with E-state index in [1.165, 1.54) is 19.3 Å². The average Bonchev–Trinajstić information content (AvgIpc) is 2.48. The van der Waals surface area contributed by atoms with Crippen molar-refractivity contribution in [2.75, 3.05) is 18.0 Å². The summed E-state index contributed by atoms with van der Waals surface area (Å²) in [6.45, 7) is 4.41. The van der Waals surface area contributed by atoms with E-state index >= 15 is 0 Å². The van der Waals surface area contributed by atoms with Gasteiger partial charge in [0.2, 0.25) is 0 Å². The molecule has 0 spiro atoms. The van der Waals surface area contributed by atoms with Crippen molar-refractivity contribution in [3.8, 4) is 0 Å². The monoisotopic (exact) mass is 275 g/mol. The highest BCUT2D eigenvalue weighted by Gasteiger charge is 2.21. The highest BCUT2D eigenvalue weighted by Crippen LogP contribution is 2.31. The number of piperidine rings is 1. The summed E-state index contributed by atoms with van der Waals surface area (Å²) in [5.74, 6) is 1.75. The standard InChI is InChI=1S/C15H18ClN3/c1-2-11-6-5-9-19(10-11)15-13-8-4-3-7-12(13)14(16)17-18-15/h3-4,7-8,11H,2,5-6,9-10H2,1H3. The van der Waals surface area contributed by atoms with Gasteiger partial charge in [-0.3, -0.25) is 0 Å². The summed E-state index contributed by atoms with van der Waals surface area (Å²) in [6.07, 6.45) is 3.79. The number of aromatic nitrogens is 2. The molecule has 1 fully saturated rings. The van der Waals surface area contributed by atoms with Gasteiger partial charge in [0.1, 0.15) is 0 Å². The van der Waals surface area contributed by atoms with Crippen LogP contribution in [0.25, 0.3) is 10.8 Å². The number of nitrogens with zero attached hydrogens (tertiary/aromatic N) is 3. The fourth-order valence-electron chi connectivity index (χ4n) is 2.88. The summed E-state index contributed by atoms with van der Waals surface area (Å²) in [5.41, 5.74) is 0. The number of anilines is 1. The van der Waals surface area contributed by atoms with Crippen LogP contribution in [-0.4, -0.2) is 23.3 Å². The normalized spacial score (nSPS) is 19.9. The van der Waals surface area contributed by atoms with Crippen molar-refractivity contribution < 1.29 is 0 Å². The minimum atomic E-state index is 0.489. The lowest BCUT2D eigenvalue weighted by molar-refractivity contribution is 0.403. The summed E-state index contributed by atoms with van der Waals surface area (Å²) in [6, 6.07) is 8.12. The van der Waals surface area contributed by atoms with Crippen molar-refractivity contribution in [3.05, 3.63) is 29.4 Å². The van der Waals surface area contributed by atoms with Crippen LogP contribution < -0.4 is 4.90 Å². The second kappa shape index (κ2) is 5.33. The fourth-order valence-corrected chi connectivity index (χ4v) is 3.08. The Hall–Kier alpha value is -1.35. The van der Waals surface area contributed by atoms with Gasteiger partial charge < -0.3 is 4.90 Å². The summed E-state index contributed by atoms with van der Waals surface area (Å²) >= 11 is 6.13. The van der Waals surface area contributed by atoms with Gasteiger partial charge in [0.05, 0.1) is 0 Å². The minimum absolute atomic E-state index is 0.489. The molecule has 0 N–H and O–H groups in total. The maximum Gasteiger partial charge on any atom is 0.159 e. The van der Waals surface area contributed by atoms with Crippen LogP contribution in [0, 0.1) is 5.92 Å². The van der Waals surface area contributed by atoms with Crippen LogP contribution in [0.4, 0.5) is 5.82 Å². The van der Waals surface area contributed by atoms with Crippen molar-refractivity contribution in [2.24, 2.45) is 5.92 Å². The Balaban J connectivity index is 2.03. The second-order valence-electron chi connectivity index (χ2n) is 5.22. The first kappa shape index (κ1) is 12.7. The lowest BCUT2D eigenvalue weighted by atomic mass is 9.95. The number of hydrogen-bond acceptors (Lipinski definition) is 3. The molecule has 100 valence electrons. The Kier molecular flexibility index (Phi) is 3.56. The molecule has 1 aromatic heterocycles. The molecule has 1 saturated heterocycles. The molecule has 19 heavy (non-hydrogen) atoms. The zero-order chi connectivity index (χ0) is 13.2. The minimum Gasteiger partial charge on any atom is -0.354 e.